The second-order valence-corrected chi connectivity index (χ2v) is 9.64. The van der Waals surface area contributed by atoms with E-state index in [1.165, 1.54) is 6.07 Å². The van der Waals surface area contributed by atoms with E-state index in [0.29, 0.717) is 49.3 Å². The number of nitrogens with one attached hydrogen (secondary N) is 1. The molecule has 2 atom stereocenters. The number of rotatable bonds is 5. The van der Waals surface area contributed by atoms with Crippen molar-refractivity contribution in [2.75, 3.05) is 13.2 Å². The van der Waals surface area contributed by atoms with Crippen molar-refractivity contribution in [1.29, 1.82) is 0 Å². The fourth-order valence-electron chi connectivity index (χ4n) is 5.48. The molecular weight excluding hydrogens is 468 g/mol. The lowest BCUT2D eigenvalue weighted by molar-refractivity contribution is -0.141. The minimum atomic E-state index is -0.922. The average Bonchev–Trinajstić information content (AvgIpc) is 3.54. The third-order valence-electron chi connectivity index (χ3n) is 7.38. The van der Waals surface area contributed by atoms with Crippen molar-refractivity contribution < 1.29 is 28.2 Å². The molecule has 2 aliphatic rings. The van der Waals surface area contributed by atoms with Crippen LogP contribution in [0.15, 0.2) is 36.5 Å². The number of H-pyrrole nitrogens is 1. The minimum Gasteiger partial charge on any atom is -0.481 e. The van der Waals surface area contributed by atoms with Crippen molar-refractivity contribution in [2.45, 2.75) is 44.1 Å². The number of aromatic amines is 1. The second kappa shape index (κ2) is 9.13. The van der Waals surface area contributed by atoms with Crippen molar-refractivity contribution in [3.8, 4) is 17.0 Å². The maximum atomic E-state index is 14.4. The number of hydrogen-bond donors (Lipinski definition) is 2. The van der Waals surface area contributed by atoms with Crippen LogP contribution in [0, 0.1) is 17.6 Å². The molecule has 2 N–H and O–H groups in total. The summed E-state index contributed by atoms with van der Waals surface area (Å²) in [6.45, 7) is 1.17. The van der Waals surface area contributed by atoms with Crippen LogP contribution >= 0.6 is 0 Å². The lowest BCUT2D eigenvalue weighted by atomic mass is 9.87. The molecule has 9 heteroatoms. The van der Waals surface area contributed by atoms with E-state index in [1.54, 1.807) is 12.3 Å². The van der Waals surface area contributed by atoms with E-state index in [-0.39, 0.29) is 12.0 Å². The Balaban J connectivity index is 1.57. The highest BCUT2D eigenvalue weighted by Gasteiger charge is 2.33. The van der Waals surface area contributed by atoms with E-state index >= 15 is 0 Å². The number of hydrogen-bond acceptors (Lipinski definition) is 5. The van der Waals surface area contributed by atoms with Crippen LogP contribution in [0.4, 0.5) is 8.78 Å². The molecule has 6 rings (SSSR count). The predicted octanol–water partition coefficient (Wildman–Crippen LogP) is 5.58. The van der Waals surface area contributed by atoms with Crippen LogP contribution in [-0.4, -0.2) is 45.6 Å². The van der Waals surface area contributed by atoms with Crippen LogP contribution in [0.2, 0.25) is 0 Å². The van der Waals surface area contributed by atoms with Gasteiger partial charge >= 0.3 is 5.97 Å². The van der Waals surface area contributed by atoms with Gasteiger partial charge in [-0.1, -0.05) is 6.07 Å². The van der Waals surface area contributed by atoms with Gasteiger partial charge in [0.1, 0.15) is 6.10 Å². The quantitative estimate of drug-likeness (QED) is 0.377. The number of fused-ring (bicyclic) bond motifs is 2. The molecule has 4 aromatic rings. The Bertz CT molecular complexity index is 1460. The standard InChI is InChI=1S/C27H25F2N3O4/c28-21-4-2-15(11-22(21)29)24-19-10-17-13-30-32-23(17)12-20(19)26(31-25(24)14-5-7-35-8-6-14)36-18-3-1-16(9-18)27(33)34/h2,4,10-14,16,18H,1,3,5-9H2,(H,30,32)(H,33,34)/t16-,18-/m0/s1. The van der Waals surface area contributed by atoms with Crippen LogP contribution in [0.1, 0.15) is 43.7 Å². The van der Waals surface area contributed by atoms with Gasteiger partial charge in [-0.3, -0.25) is 9.89 Å². The molecule has 36 heavy (non-hydrogen) atoms. The molecule has 0 radical (unpaired) electrons. The zero-order chi connectivity index (χ0) is 24.8. The van der Waals surface area contributed by atoms with Crippen molar-refractivity contribution in [3.63, 3.8) is 0 Å². The fraction of sp³-hybridized carbons (Fsp3) is 0.370. The van der Waals surface area contributed by atoms with Gasteiger partial charge in [0.05, 0.1) is 23.3 Å². The topological polar surface area (TPSA) is 97.3 Å². The summed E-state index contributed by atoms with van der Waals surface area (Å²) in [5.41, 5.74) is 2.82. The number of carboxylic acids is 1. The Morgan fingerprint density at radius 3 is 2.64 bits per heavy atom. The van der Waals surface area contributed by atoms with E-state index in [4.69, 9.17) is 14.5 Å². The molecule has 0 bridgehead atoms. The zero-order valence-electron chi connectivity index (χ0n) is 19.5. The largest absolute Gasteiger partial charge is 0.481 e. The molecule has 2 aromatic carbocycles. The van der Waals surface area contributed by atoms with Crippen LogP contribution in [0.25, 0.3) is 32.8 Å². The summed E-state index contributed by atoms with van der Waals surface area (Å²) in [6, 6.07) is 7.79. The third kappa shape index (κ3) is 4.07. The fourth-order valence-corrected chi connectivity index (χ4v) is 5.48. The highest BCUT2D eigenvalue weighted by Crippen LogP contribution is 2.43. The Labute approximate surface area is 205 Å². The summed E-state index contributed by atoms with van der Waals surface area (Å²) in [7, 11) is 0. The number of ether oxygens (including phenoxy) is 2. The summed E-state index contributed by atoms with van der Waals surface area (Å²) in [5, 5.41) is 18.9. The van der Waals surface area contributed by atoms with Crippen molar-refractivity contribution in [2.24, 2.45) is 5.92 Å². The normalized spacial score (nSPS) is 20.8. The first kappa shape index (κ1) is 22.8. The molecule has 1 aliphatic carbocycles. The lowest BCUT2D eigenvalue weighted by Crippen LogP contribution is -2.19. The van der Waals surface area contributed by atoms with E-state index in [0.717, 1.165) is 46.5 Å². The molecule has 2 aromatic heterocycles. The molecule has 1 saturated heterocycles. The van der Waals surface area contributed by atoms with Gasteiger partial charge < -0.3 is 14.6 Å². The Hall–Kier alpha value is -3.59. The molecule has 0 amide bonds. The first-order valence-electron chi connectivity index (χ1n) is 12.2. The SMILES string of the molecule is O=C(O)[C@H]1CC[C@H](Oc2nc(C3CCOCC3)c(-c3ccc(F)c(F)c3)c3cc4cn[nH]c4cc23)C1. The van der Waals surface area contributed by atoms with Crippen molar-refractivity contribution in [1.82, 2.24) is 15.2 Å². The minimum absolute atomic E-state index is 0.0454. The lowest BCUT2D eigenvalue weighted by Gasteiger charge is -2.26. The monoisotopic (exact) mass is 493 g/mol. The van der Waals surface area contributed by atoms with Crippen LogP contribution in [0.5, 0.6) is 5.88 Å². The second-order valence-electron chi connectivity index (χ2n) is 9.64. The Morgan fingerprint density at radius 1 is 1.06 bits per heavy atom. The smallest absolute Gasteiger partial charge is 0.306 e. The molecule has 7 nitrogen and oxygen atoms in total. The maximum Gasteiger partial charge on any atom is 0.306 e. The van der Waals surface area contributed by atoms with Crippen LogP contribution in [-0.2, 0) is 9.53 Å². The predicted molar refractivity (Wildman–Crippen MR) is 129 cm³/mol. The van der Waals surface area contributed by atoms with E-state index in [1.807, 2.05) is 12.1 Å². The number of carbonyl (C=O) groups is 1. The summed E-state index contributed by atoms with van der Waals surface area (Å²) < 4.78 is 40.2. The molecule has 186 valence electrons. The van der Waals surface area contributed by atoms with Gasteiger partial charge in [0.25, 0.3) is 0 Å². The van der Waals surface area contributed by atoms with Crippen molar-refractivity contribution >= 4 is 27.6 Å². The number of nitrogens with zero attached hydrogens (tertiary/aromatic N) is 2. The highest BCUT2D eigenvalue weighted by molar-refractivity contribution is 6.06. The summed E-state index contributed by atoms with van der Waals surface area (Å²) in [6.07, 6.45) is 4.54. The molecule has 0 spiro atoms. The van der Waals surface area contributed by atoms with Crippen molar-refractivity contribution in [3.05, 3.63) is 53.9 Å². The summed E-state index contributed by atoms with van der Waals surface area (Å²) in [4.78, 5) is 16.5. The highest BCUT2D eigenvalue weighted by atomic mass is 19.2. The number of aromatic nitrogens is 3. The number of aliphatic carboxylic acids is 1. The molecular formula is C27H25F2N3O4. The summed E-state index contributed by atoms with van der Waals surface area (Å²) in [5.74, 6) is -2.61. The average molecular weight is 494 g/mol. The number of benzene rings is 2. The molecule has 3 heterocycles. The van der Waals surface area contributed by atoms with Gasteiger partial charge in [0.15, 0.2) is 11.6 Å². The molecule has 0 unspecified atom stereocenters. The zero-order valence-corrected chi connectivity index (χ0v) is 19.5. The Kier molecular flexibility index (Phi) is 5.79. The Morgan fingerprint density at radius 2 is 1.89 bits per heavy atom. The molecule has 1 saturated carbocycles. The van der Waals surface area contributed by atoms with Gasteiger partial charge in [-0.15, -0.1) is 0 Å². The first-order valence-corrected chi connectivity index (χ1v) is 12.2. The number of halogens is 2. The molecule has 1 aliphatic heterocycles. The van der Waals surface area contributed by atoms with Gasteiger partial charge in [0, 0.05) is 35.5 Å². The van der Waals surface area contributed by atoms with Gasteiger partial charge in [-0.2, -0.15) is 5.10 Å². The van der Waals surface area contributed by atoms with Gasteiger partial charge in [-0.25, -0.2) is 13.8 Å². The van der Waals surface area contributed by atoms with Gasteiger partial charge in [-0.05, 0) is 67.3 Å². The van der Waals surface area contributed by atoms with Crippen LogP contribution < -0.4 is 4.74 Å². The number of carboxylic acid groups (broad SMARTS) is 1. The van der Waals surface area contributed by atoms with E-state index < -0.39 is 23.5 Å². The first-order chi connectivity index (χ1) is 17.5. The van der Waals surface area contributed by atoms with Gasteiger partial charge in [0.2, 0.25) is 5.88 Å². The summed E-state index contributed by atoms with van der Waals surface area (Å²) >= 11 is 0. The molecule has 2 fully saturated rings. The number of pyridine rings is 1. The third-order valence-corrected chi connectivity index (χ3v) is 7.38. The van der Waals surface area contributed by atoms with E-state index in [2.05, 4.69) is 10.2 Å². The van der Waals surface area contributed by atoms with E-state index in [9.17, 15) is 18.7 Å². The maximum absolute atomic E-state index is 14.4. The van der Waals surface area contributed by atoms with Crippen LogP contribution in [0.3, 0.4) is 0 Å².